The third kappa shape index (κ3) is 5.56. The highest BCUT2D eigenvalue weighted by Crippen LogP contribution is 2.40. The molecule has 1 fully saturated rings. The highest BCUT2D eigenvalue weighted by atomic mass is 19.4. The lowest BCUT2D eigenvalue weighted by Crippen LogP contribution is -2.42. The van der Waals surface area contributed by atoms with Crippen LogP contribution >= 0.6 is 0 Å². The number of methoxy groups -OCH3 is 1. The summed E-state index contributed by atoms with van der Waals surface area (Å²) in [6, 6.07) is 4.68. The number of hydrogen-bond donors (Lipinski definition) is 2. The number of hydrogen-bond acceptors (Lipinski definition) is 8. The van der Waals surface area contributed by atoms with Gasteiger partial charge in [-0.15, -0.1) is 0 Å². The smallest absolute Gasteiger partial charge is 0.490 e. The van der Waals surface area contributed by atoms with Crippen LogP contribution in [-0.4, -0.2) is 84.0 Å². The molecule has 1 atom stereocenters. The van der Waals surface area contributed by atoms with E-state index in [2.05, 4.69) is 4.98 Å². The van der Waals surface area contributed by atoms with E-state index in [0.29, 0.717) is 38.0 Å². The van der Waals surface area contributed by atoms with Crippen LogP contribution in [0.5, 0.6) is 11.5 Å². The number of benzene rings is 1. The van der Waals surface area contributed by atoms with Crippen molar-refractivity contribution in [3.8, 4) is 11.5 Å². The molecule has 1 unspecified atom stereocenters. The molecule has 1 amide bonds. The molecule has 35 heavy (non-hydrogen) atoms. The van der Waals surface area contributed by atoms with Crippen molar-refractivity contribution in [3.05, 3.63) is 41.2 Å². The van der Waals surface area contributed by atoms with Crippen LogP contribution in [0.25, 0.3) is 0 Å². The molecule has 1 saturated heterocycles. The summed E-state index contributed by atoms with van der Waals surface area (Å²) in [7, 11) is 5.34. The Hall–Kier alpha value is -3.61. The lowest BCUT2D eigenvalue weighted by atomic mass is 9.80. The van der Waals surface area contributed by atoms with Gasteiger partial charge in [-0.3, -0.25) is 4.79 Å². The zero-order valence-electron chi connectivity index (χ0n) is 19.3. The number of ether oxygens (including phenoxy) is 2. The molecule has 1 aromatic carbocycles. The van der Waals surface area contributed by atoms with Crippen molar-refractivity contribution in [2.45, 2.75) is 24.6 Å². The molecule has 2 aliphatic heterocycles. The van der Waals surface area contributed by atoms with E-state index in [9.17, 15) is 23.1 Å². The van der Waals surface area contributed by atoms with E-state index in [1.807, 2.05) is 25.2 Å². The van der Waals surface area contributed by atoms with Crippen LogP contribution in [0, 0.1) is 0 Å². The first-order valence-corrected chi connectivity index (χ1v) is 10.5. The molecular weight excluding hydrogens is 473 g/mol. The third-order valence-corrected chi connectivity index (χ3v) is 5.71. The number of phenols is 1. The van der Waals surface area contributed by atoms with Gasteiger partial charge in [0.15, 0.2) is 0 Å². The number of aliphatic carboxylic acids is 1. The minimum absolute atomic E-state index is 0.0516. The number of anilines is 1. The molecule has 2 aromatic rings. The van der Waals surface area contributed by atoms with Crippen LogP contribution in [0.15, 0.2) is 24.4 Å². The van der Waals surface area contributed by atoms with Gasteiger partial charge in [-0.25, -0.2) is 14.8 Å². The summed E-state index contributed by atoms with van der Waals surface area (Å²) in [5.41, 5.74) is 1.81. The van der Waals surface area contributed by atoms with Crippen LogP contribution < -0.4 is 9.64 Å². The number of aromatic nitrogens is 2. The number of phenolic OH excluding ortho intramolecular Hbond substituents is 1. The molecule has 1 spiro atoms. The van der Waals surface area contributed by atoms with Crippen LogP contribution in [-0.2, 0) is 21.6 Å². The first-order valence-electron chi connectivity index (χ1n) is 10.5. The summed E-state index contributed by atoms with van der Waals surface area (Å²) in [5, 5.41) is 17.3. The monoisotopic (exact) mass is 498 g/mol. The number of alkyl halides is 3. The number of rotatable bonds is 3. The lowest BCUT2D eigenvalue weighted by Gasteiger charge is -2.34. The van der Waals surface area contributed by atoms with Crippen LogP contribution in [0.1, 0.15) is 28.0 Å². The summed E-state index contributed by atoms with van der Waals surface area (Å²) in [6.07, 6.45) is -2.52. The van der Waals surface area contributed by atoms with E-state index in [4.69, 9.17) is 24.4 Å². The van der Waals surface area contributed by atoms with Gasteiger partial charge in [0.05, 0.1) is 37.0 Å². The number of aromatic hydroxyl groups is 1. The Morgan fingerprint density at radius 2 is 1.97 bits per heavy atom. The number of amides is 1. The topological polar surface area (TPSA) is 125 Å². The first kappa shape index (κ1) is 26.0. The summed E-state index contributed by atoms with van der Waals surface area (Å²) < 4.78 is 42.8. The van der Waals surface area contributed by atoms with Crippen molar-refractivity contribution >= 4 is 17.8 Å². The van der Waals surface area contributed by atoms with E-state index < -0.39 is 12.1 Å². The quantitative estimate of drug-likeness (QED) is 0.655. The Balaban J connectivity index is 0.000000429. The molecule has 2 aliphatic rings. The van der Waals surface area contributed by atoms with Crippen LogP contribution in [0.2, 0.25) is 0 Å². The standard InChI is InChI=1S/C20H24N4O4.C2HF3O2/c1-23(2)19-21-9-13-10-28-12-20(17(13)22-19)6-7-24(11-20)18(26)15-8-14(27-3)4-5-16(15)25;3-2(4,5)1(6)7/h4-5,8-9,25H,6-7,10-12H2,1-3H3;(H,6,7). The van der Waals surface area contributed by atoms with Crippen molar-refractivity contribution in [2.75, 3.05) is 45.8 Å². The fourth-order valence-electron chi connectivity index (χ4n) is 3.94. The van der Waals surface area contributed by atoms with E-state index in [0.717, 1.165) is 17.7 Å². The van der Waals surface area contributed by atoms with Crippen molar-refractivity contribution in [1.29, 1.82) is 0 Å². The number of carboxylic acids is 1. The van der Waals surface area contributed by atoms with Gasteiger partial charge in [-0.2, -0.15) is 13.2 Å². The van der Waals surface area contributed by atoms with E-state index in [1.54, 1.807) is 17.0 Å². The summed E-state index contributed by atoms with van der Waals surface area (Å²) in [6.45, 7) is 2.05. The van der Waals surface area contributed by atoms with Gasteiger partial charge >= 0.3 is 12.1 Å². The molecule has 1 aromatic heterocycles. The zero-order chi connectivity index (χ0) is 26.0. The second-order valence-corrected chi connectivity index (χ2v) is 8.37. The van der Waals surface area contributed by atoms with Crippen molar-refractivity contribution in [2.24, 2.45) is 0 Å². The van der Waals surface area contributed by atoms with E-state index >= 15 is 0 Å². The van der Waals surface area contributed by atoms with Gasteiger partial charge in [-0.1, -0.05) is 0 Å². The molecule has 4 rings (SSSR count). The summed E-state index contributed by atoms with van der Waals surface area (Å²) in [5.74, 6) is -1.85. The predicted molar refractivity (Wildman–Crippen MR) is 117 cm³/mol. The van der Waals surface area contributed by atoms with Gasteiger partial charge in [0.1, 0.15) is 11.5 Å². The molecule has 0 bridgehead atoms. The number of carboxylic acid groups (broad SMARTS) is 1. The normalized spacial score (nSPS) is 19.0. The first-order chi connectivity index (χ1) is 16.4. The molecule has 0 radical (unpaired) electrons. The largest absolute Gasteiger partial charge is 0.507 e. The lowest BCUT2D eigenvalue weighted by molar-refractivity contribution is -0.192. The Morgan fingerprint density at radius 3 is 2.57 bits per heavy atom. The second-order valence-electron chi connectivity index (χ2n) is 8.37. The number of carbonyl (C=O) groups excluding carboxylic acids is 1. The van der Waals surface area contributed by atoms with Crippen molar-refractivity contribution in [3.63, 3.8) is 0 Å². The van der Waals surface area contributed by atoms with Gasteiger partial charge < -0.3 is 29.5 Å². The minimum Gasteiger partial charge on any atom is -0.507 e. The van der Waals surface area contributed by atoms with E-state index in [-0.39, 0.29) is 22.6 Å². The zero-order valence-corrected chi connectivity index (χ0v) is 19.3. The molecule has 190 valence electrons. The van der Waals surface area contributed by atoms with Gasteiger partial charge in [0.25, 0.3) is 5.91 Å². The molecule has 0 aliphatic carbocycles. The second kappa shape index (κ2) is 9.94. The molecule has 3 heterocycles. The average molecular weight is 498 g/mol. The molecular formula is C22H25F3N4O6. The number of fused-ring (bicyclic) bond motifs is 2. The Bertz CT molecular complexity index is 1110. The van der Waals surface area contributed by atoms with Crippen LogP contribution in [0.3, 0.4) is 0 Å². The SMILES string of the molecule is COc1ccc(O)c(C(=O)N2CCC3(COCc4cnc(N(C)C)nc43)C2)c1.O=C(O)C(F)(F)F. The minimum atomic E-state index is -5.08. The van der Waals surface area contributed by atoms with E-state index in [1.165, 1.54) is 13.2 Å². The van der Waals surface area contributed by atoms with Gasteiger partial charge in [-0.05, 0) is 24.6 Å². The Morgan fingerprint density at radius 1 is 1.29 bits per heavy atom. The average Bonchev–Trinajstić information content (AvgIpc) is 3.23. The van der Waals surface area contributed by atoms with Gasteiger partial charge in [0.2, 0.25) is 5.95 Å². The maximum absolute atomic E-state index is 13.1. The molecule has 10 nitrogen and oxygen atoms in total. The maximum atomic E-state index is 13.1. The maximum Gasteiger partial charge on any atom is 0.490 e. The summed E-state index contributed by atoms with van der Waals surface area (Å²) in [4.78, 5) is 34.8. The molecule has 0 saturated carbocycles. The molecule has 2 N–H and O–H groups in total. The highest BCUT2D eigenvalue weighted by Gasteiger charge is 2.46. The van der Waals surface area contributed by atoms with Crippen molar-refractivity contribution in [1.82, 2.24) is 14.9 Å². The van der Waals surface area contributed by atoms with Crippen LogP contribution in [0.4, 0.5) is 19.1 Å². The number of halogens is 3. The number of nitrogens with zero attached hydrogens (tertiary/aromatic N) is 4. The third-order valence-electron chi connectivity index (χ3n) is 5.71. The fraction of sp³-hybridized carbons (Fsp3) is 0.455. The van der Waals surface area contributed by atoms with Gasteiger partial charge in [0, 0.05) is 38.9 Å². The van der Waals surface area contributed by atoms with Crippen molar-refractivity contribution < 1.29 is 42.4 Å². The number of likely N-dealkylation sites (tertiary alicyclic amines) is 1. The highest BCUT2D eigenvalue weighted by molar-refractivity contribution is 5.97. The predicted octanol–water partition coefficient (Wildman–Crippen LogP) is 2.20. The Labute approximate surface area is 198 Å². The number of carbonyl (C=O) groups is 2. The summed E-state index contributed by atoms with van der Waals surface area (Å²) >= 11 is 0. The molecule has 13 heteroatoms. The Kier molecular flexibility index (Phi) is 7.38. The fourth-order valence-corrected chi connectivity index (χ4v) is 3.94.